The Morgan fingerprint density at radius 2 is 1.50 bits per heavy atom. The van der Waals surface area contributed by atoms with Crippen molar-refractivity contribution in [3.8, 4) is 0 Å². The van der Waals surface area contributed by atoms with Gasteiger partial charge in [-0.05, 0) is 36.7 Å². The zero-order valence-corrected chi connectivity index (χ0v) is 16.3. The van der Waals surface area contributed by atoms with Gasteiger partial charge in [0.2, 0.25) is 0 Å². The summed E-state index contributed by atoms with van der Waals surface area (Å²) in [4.78, 5) is 0. The summed E-state index contributed by atoms with van der Waals surface area (Å²) in [6.07, 6.45) is 12.0. The molecule has 0 aliphatic heterocycles. The van der Waals surface area contributed by atoms with Crippen LogP contribution in [0.25, 0.3) is 0 Å². The molecule has 0 saturated carbocycles. The topological polar surface area (TPSA) is 0 Å². The standard InChI is InChI=1S/C28H27/c1-3-7-23(8-4-1)27-17-13-21-12-16-26(20-21)28(24-9-5-2-6-10-24)18-14-22-11-15-25(27)19-22/h1-12,15-16,19-20,25,27-28H,13-14,17-18H2/q-1. The van der Waals surface area contributed by atoms with E-state index in [1.807, 2.05) is 0 Å². The van der Waals surface area contributed by atoms with E-state index in [9.17, 15) is 0 Å². The van der Waals surface area contributed by atoms with E-state index < -0.39 is 0 Å². The van der Waals surface area contributed by atoms with Crippen LogP contribution in [-0.4, -0.2) is 0 Å². The van der Waals surface area contributed by atoms with Gasteiger partial charge in [-0.25, -0.2) is 6.07 Å². The van der Waals surface area contributed by atoms with E-state index in [-0.39, 0.29) is 0 Å². The molecule has 3 aromatic carbocycles. The van der Waals surface area contributed by atoms with Crippen LogP contribution in [0.2, 0.25) is 0 Å². The molecule has 2 aliphatic carbocycles. The summed E-state index contributed by atoms with van der Waals surface area (Å²) >= 11 is 0. The van der Waals surface area contributed by atoms with Crippen LogP contribution in [0.15, 0.2) is 103 Å². The Morgan fingerprint density at radius 3 is 2.29 bits per heavy atom. The van der Waals surface area contributed by atoms with E-state index in [1.54, 1.807) is 0 Å². The van der Waals surface area contributed by atoms with Crippen molar-refractivity contribution in [1.82, 2.24) is 0 Å². The van der Waals surface area contributed by atoms with Gasteiger partial charge in [-0.15, -0.1) is 0 Å². The van der Waals surface area contributed by atoms with Gasteiger partial charge in [-0.1, -0.05) is 96.4 Å². The maximum Gasteiger partial charge on any atom is 0.00244 e. The first-order valence-corrected chi connectivity index (χ1v) is 10.6. The molecule has 3 atom stereocenters. The molecule has 0 radical (unpaired) electrons. The van der Waals surface area contributed by atoms with Gasteiger partial charge in [0, 0.05) is 5.92 Å². The lowest BCUT2D eigenvalue weighted by atomic mass is 9.82. The fourth-order valence-electron chi connectivity index (χ4n) is 5.02. The lowest BCUT2D eigenvalue weighted by Crippen LogP contribution is -2.09. The minimum absolute atomic E-state index is 0.493. The maximum atomic E-state index is 2.54. The van der Waals surface area contributed by atoms with Crippen molar-refractivity contribution in [3.63, 3.8) is 0 Å². The Kier molecular flexibility index (Phi) is 4.79. The van der Waals surface area contributed by atoms with Gasteiger partial charge in [0.05, 0.1) is 0 Å². The molecule has 5 rings (SSSR count). The minimum atomic E-state index is 0.493. The molecule has 3 unspecified atom stereocenters. The number of aryl methyl sites for hydroxylation is 1. The molecule has 0 amide bonds. The maximum absolute atomic E-state index is 2.54. The summed E-state index contributed by atoms with van der Waals surface area (Å²) in [6, 6.07) is 29.3. The van der Waals surface area contributed by atoms with Crippen LogP contribution >= 0.6 is 0 Å². The van der Waals surface area contributed by atoms with Crippen LogP contribution in [0.3, 0.4) is 0 Å². The van der Waals surface area contributed by atoms with Crippen molar-refractivity contribution in [2.45, 2.75) is 37.5 Å². The fourth-order valence-corrected chi connectivity index (χ4v) is 5.02. The zero-order valence-electron chi connectivity index (χ0n) is 16.3. The van der Waals surface area contributed by atoms with E-state index in [0.29, 0.717) is 17.8 Å². The number of hydrogen-bond acceptors (Lipinski definition) is 0. The van der Waals surface area contributed by atoms with Crippen LogP contribution in [-0.2, 0) is 6.42 Å². The van der Waals surface area contributed by atoms with Crippen molar-refractivity contribution in [1.29, 1.82) is 0 Å². The second-order valence-corrected chi connectivity index (χ2v) is 8.29. The third-order valence-corrected chi connectivity index (χ3v) is 6.54. The highest BCUT2D eigenvalue weighted by molar-refractivity contribution is 5.39. The van der Waals surface area contributed by atoms with Crippen LogP contribution < -0.4 is 0 Å². The molecule has 0 fully saturated rings. The van der Waals surface area contributed by atoms with Crippen LogP contribution in [0, 0.1) is 5.92 Å². The van der Waals surface area contributed by atoms with Crippen molar-refractivity contribution in [2.75, 3.05) is 0 Å². The van der Waals surface area contributed by atoms with Gasteiger partial charge in [0.25, 0.3) is 0 Å². The predicted molar refractivity (Wildman–Crippen MR) is 118 cm³/mol. The number of hydrogen-bond donors (Lipinski definition) is 0. The van der Waals surface area contributed by atoms with Crippen molar-refractivity contribution in [2.24, 2.45) is 5.92 Å². The van der Waals surface area contributed by atoms with E-state index in [1.165, 1.54) is 40.7 Å². The average Bonchev–Trinajstić information content (AvgIpc) is 3.40. The predicted octanol–water partition coefficient (Wildman–Crippen LogP) is 7.16. The Hall–Kier alpha value is -2.73. The Labute approximate surface area is 168 Å². The first kappa shape index (κ1) is 17.4. The third-order valence-electron chi connectivity index (χ3n) is 6.54. The normalized spacial score (nSPS) is 24.3. The van der Waals surface area contributed by atoms with Crippen molar-refractivity contribution < 1.29 is 0 Å². The molecule has 2 aliphatic rings. The molecule has 4 bridgehead atoms. The molecule has 0 heteroatoms. The molecule has 0 heterocycles. The second kappa shape index (κ2) is 7.72. The van der Waals surface area contributed by atoms with Gasteiger partial charge in [-0.2, -0.15) is 23.3 Å². The van der Waals surface area contributed by atoms with Crippen LogP contribution in [0.4, 0.5) is 0 Å². The molecule has 3 aromatic rings. The summed E-state index contributed by atoms with van der Waals surface area (Å²) in [5, 5.41) is 0. The fraction of sp³-hybridized carbons (Fsp3) is 0.250. The monoisotopic (exact) mass is 363 g/mol. The lowest BCUT2D eigenvalue weighted by Gasteiger charge is -2.24. The molecule has 28 heavy (non-hydrogen) atoms. The molecule has 0 saturated heterocycles. The molecule has 0 N–H and O–H groups in total. The van der Waals surface area contributed by atoms with Gasteiger partial charge in [0.1, 0.15) is 0 Å². The molecule has 0 spiro atoms. The van der Waals surface area contributed by atoms with E-state index in [2.05, 4.69) is 97.1 Å². The molecule has 0 aromatic heterocycles. The van der Waals surface area contributed by atoms with Crippen molar-refractivity contribution in [3.05, 3.63) is 125 Å². The Bertz CT molecular complexity index is 971. The van der Waals surface area contributed by atoms with Gasteiger partial charge >= 0.3 is 0 Å². The summed E-state index contributed by atoms with van der Waals surface area (Å²) in [5.74, 6) is 1.59. The Morgan fingerprint density at radius 1 is 0.750 bits per heavy atom. The quantitative estimate of drug-likeness (QED) is 0.424. The third kappa shape index (κ3) is 3.52. The molecule has 140 valence electrons. The number of fused-ring (bicyclic) bond motifs is 3. The average molecular weight is 364 g/mol. The van der Waals surface area contributed by atoms with Gasteiger partial charge in [0.15, 0.2) is 0 Å². The lowest BCUT2D eigenvalue weighted by molar-refractivity contribution is 0.550. The van der Waals surface area contributed by atoms with E-state index in [4.69, 9.17) is 0 Å². The van der Waals surface area contributed by atoms with Crippen LogP contribution in [0.1, 0.15) is 53.4 Å². The zero-order chi connectivity index (χ0) is 18.8. The molecular weight excluding hydrogens is 336 g/mol. The first-order chi connectivity index (χ1) is 13.9. The summed E-state index contributed by atoms with van der Waals surface area (Å²) in [6.45, 7) is 0. The smallest absolute Gasteiger partial charge is 0.00244 e. The number of rotatable bonds is 2. The number of benzene rings is 2. The SMILES string of the molecule is C1=CC2C=C1CCC(c1ccccc1)c1c[cH-]c(c1)CCC2c1ccccc1. The molecule has 0 nitrogen and oxygen atoms in total. The molecular formula is C28H27-. The van der Waals surface area contributed by atoms with Crippen molar-refractivity contribution >= 4 is 0 Å². The second-order valence-electron chi connectivity index (χ2n) is 8.29. The highest BCUT2D eigenvalue weighted by Crippen LogP contribution is 2.39. The number of allylic oxidation sites excluding steroid dienone is 4. The Balaban J connectivity index is 1.49. The van der Waals surface area contributed by atoms with Crippen LogP contribution in [0.5, 0.6) is 0 Å². The highest BCUT2D eigenvalue weighted by atomic mass is 14.3. The van der Waals surface area contributed by atoms with Gasteiger partial charge in [-0.3, -0.25) is 0 Å². The largest absolute Gasteiger partial charge is 0.207 e. The summed E-state index contributed by atoms with van der Waals surface area (Å²) < 4.78 is 0. The highest BCUT2D eigenvalue weighted by Gasteiger charge is 2.23. The van der Waals surface area contributed by atoms with E-state index in [0.717, 1.165) is 12.8 Å². The van der Waals surface area contributed by atoms with E-state index >= 15 is 0 Å². The first-order valence-electron chi connectivity index (χ1n) is 10.6. The minimum Gasteiger partial charge on any atom is -0.207 e. The van der Waals surface area contributed by atoms with Gasteiger partial charge < -0.3 is 0 Å². The summed E-state index contributed by atoms with van der Waals surface area (Å²) in [5.41, 5.74) is 7.40. The summed E-state index contributed by atoms with van der Waals surface area (Å²) in [7, 11) is 0.